The number of hydrogen-bond acceptors (Lipinski definition) is 3. The minimum absolute atomic E-state index is 0.242. The van der Waals surface area contributed by atoms with Crippen molar-refractivity contribution in [3.05, 3.63) is 35.9 Å². The lowest BCUT2D eigenvalue weighted by Gasteiger charge is -2.51. The van der Waals surface area contributed by atoms with E-state index in [0.717, 1.165) is 12.3 Å². The van der Waals surface area contributed by atoms with Gasteiger partial charge in [-0.25, -0.2) is 0 Å². The van der Waals surface area contributed by atoms with Crippen LogP contribution in [0.25, 0.3) is 0 Å². The summed E-state index contributed by atoms with van der Waals surface area (Å²) in [5.41, 5.74) is 1.73. The third-order valence-corrected chi connectivity index (χ3v) is 6.33. The Kier molecular flexibility index (Phi) is 4.13. The molecule has 1 aromatic carbocycles. The van der Waals surface area contributed by atoms with Gasteiger partial charge in [-0.05, 0) is 44.1 Å². The molecule has 2 atom stereocenters. The first-order valence-electron chi connectivity index (χ1n) is 9.24. The predicted molar refractivity (Wildman–Crippen MR) is 92.1 cm³/mol. The Morgan fingerprint density at radius 1 is 1.17 bits per heavy atom. The number of benzene rings is 1. The summed E-state index contributed by atoms with van der Waals surface area (Å²) in [6, 6.07) is 14.7. The van der Waals surface area contributed by atoms with E-state index in [1.807, 2.05) is 0 Å². The summed E-state index contributed by atoms with van der Waals surface area (Å²) in [7, 11) is 0. The molecule has 1 saturated heterocycles. The van der Waals surface area contributed by atoms with Crippen molar-refractivity contribution in [1.29, 1.82) is 5.26 Å². The van der Waals surface area contributed by atoms with E-state index < -0.39 is 0 Å². The van der Waals surface area contributed by atoms with Crippen LogP contribution in [-0.2, 0) is 0 Å². The van der Waals surface area contributed by atoms with Gasteiger partial charge in [-0.3, -0.25) is 4.90 Å². The highest BCUT2D eigenvalue weighted by atomic mass is 15.2. The molecule has 0 amide bonds. The standard InChI is InChI=1S/C20H27N3/c21-12-11-20(9-4-10-20)23-13-7-17(8-14-23)22-19-15-18(19)16-5-2-1-3-6-16/h1-3,5-6,17-19,22H,4,7-11,13-15H2/t18-,19+/m0/s1. The van der Waals surface area contributed by atoms with Gasteiger partial charge < -0.3 is 5.32 Å². The highest BCUT2D eigenvalue weighted by molar-refractivity contribution is 5.27. The number of likely N-dealkylation sites (tertiary alicyclic amines) is 1. The smallest absolute Gasteiger partial charge is 0.0641 e. The van der Waals surface area contributed by atoms with Gasteiger partial charge in [0.1, 0.15) is 0 Å². The largest absolute Gasteiger partial charge is 0.311 e. The van der Waals surface area contributed by atoms with Crippen molar-refractivity contribution in [3.8, 4) is 6.07 Å². The van der Waals surface area contributed by atoms with Gasteiger partial charge in [-0.1, -0.05) is 30.3 Å². The summed E-state index contributed by atoms with van der Waals surface area (Å²) in [4.78, 5) is 2.62. The third kappa shape index (κ3) is 3.03. The van der Waals surface area contributed by atoms with Gasteiger partial charge >= 0.3 is 0 Å². The van der Waals surface area contributed by atoms with Crippen LogP contribution in [0.1, 0.15) is 56.4 Å². The van der Waals surface area contributed by atoms with E-state index in [1.165, 1.54) is 57.2 Å². The zero-order chi connectivity index (χ0) is 15.7. The zero-order valence-electron chi connectivity index (χ0n) is 13.9. The number of nitriles is 1. The topological polar surface area (TPSA) is 39.1 Å². The molecule has 0 radical (unpaired) electrons. The molecule has 0 unspecified atom stereocenters. The van der Waals surface area contributed by atoms with Gasteiger partial charge in [0.25, 0.3) is 0 Å². The monoisotopic (exact) mass is 309 g/mol. The Hall–Kier alpha value is -1.37. The average Bonchev–Trinajstić information content (AvgIpc) is 3.32. The van der Waals surface area contributed by atoms with Crippen LogP contribution >= 0.6 is 0 Å². The maximum absolute atomic E-state index is 9.13. The van der Waals surface area contributed by atoms with E-state index in [1.54, 1.807) is 0 Å². The lowest BCUT2D eigenvalue weighted by atomic mass is 9.72. The van der Waals surface area contributed by atoms with Crippen LogP contribution in [0.2, 0.25) is 0 Å². The lowest BCUT2D eigenvalue weighted by molar-refractivity contribution is -0.000684. The number of piperidine rings is 1. The number of hydrogen-bond donors (Lipinski definition) is 1. The molecule has 122 valence electrons. The second kappa shape index (κ2) is 6.26. The van der Waals surface area contributed by atoms with Gasteiger partial charge in [0.2, 0.25) is 0 Å². The molecule has 23 heavy (non-hydrogen) atoms. The van der Waals surface area contributed by atoms with Crippen LogP contribution < -0.4 is 5.32 Å². The van der Waals surface area contributed by atoms with E-state index in [9.17, 15) is 0 Å². The van der Waals surface area contributed by atoms with Crippen molar-refractivity contribution in [2.45, 2.75) is 68.5 Å². The molecule has 1 N–H and O–H groups in total. The molecule has 3 heteroatoms. The van der Waals surface area contributed by atoms with E-state index in [4.69, 9.17) is 5.26 Å². The van der Waals surface area contributed by atoms with Gasteiger partial charge in [0, 0.05) is 36.6 Å². The lowest BCUT2D eigenvalue weighted by Crippen LogP contribution is -2.57. The summed E-state index contributed by atoms with van der Waals surface area (Å²) in [5.74, 6) is 0.728. The number of nitrogens with one attached hydrogen (secondary N) is 1. The maximum atomic E-state index is 9.13. The van der Waals surface area contributed by atoms with Crippen molar-refractivity contribution >= 4 is 0 Å². The molecule has 3 aliphatic rings. The Morgan fingerprint density at radius 2 is 1.91 bits per heavy atom. The quantitative estimate of drug-likeness (QED) is 0.905. The Balaban J connectivity index is 1.26. The molecule has 0 bridgehead atoms. The average molecular weight is 309 g/mol. The third-order valence-electron chi connectivity index (χ3n) is 6.33. The molecule has 2 saturated carbocycles. The van der Waals surface area contributed by atoms with Gasteiger partial charge in [-0.2, -0.15) is 5.26 Å². The fourth-order valence-electron chi connectivity index (χ4n) is 4.61. The SMILES string of the molecule is N#CCC1(N2CCC(N[C@@H]3C[C@H]3c3ccccc3)CC2)CCC1. The van der Waals surface area contributed by atoms with Gasteiger partial charge in [0.05, 0.1) is 12.5 Å². The Labute approximate surface area is 139 Å². The molecule has 1 aromatic rings. The van der Waals surface area contributed by atoms with E-state index in [2.05, 4.69) is 46.6 Å². The molecule has 2 aliphatic carbocycles. The molecule has 1 heterocycles. The van der Waals surface area contributed by atoms with Crippen molar-refractivity contribution in [1.82, 2.24) is 10.2 Å². The molecule has 3 fully saturated rings. The van der Waals surface area contributed by atoms with Crippen molar-refractivity contribution in [2.24, 2.45) is 0 Å². The maximum Gasteiger partial charge on any atom is 0.0641 e. The fraction of sp³-hybridized carbons (Fsp3) is 0.650. The second-order valence-electron chi connectivity index (χ2n) is 7.70. The molecule has 0 spiro atoms. The van der Waals surface area contributed by atoms with Crippen LogP contribution in [0, 0.1) is 11.3 Å². The first-order valence-corrected chi connectivity index (χ1v) is 9.24. The van der Waals surface area contributed by atoms with Crippen LogP contribution in [0.15, 0.2) is 30.3 Å². The van der Waals surface area contributed by atoms with Crippen molar-refractivity contribution in [3.63, 3.8) is 0 Å². The Morgan fingerprint density at radius 3 is 2.52 bits per heavy atom. The van der Waals surface area contributed by atoms with Crippen LogP contribution in [0.4, 0.5) is 0 Å². The molecule has 3 nitrogen and oxygen atoms in total. The number of nitrogens with zero attached hydrogens (tertiary/aromatic N) is 2. The van der Waals surface area contributed by atoms with E-state index in [-0.39, 0.29) is 5.54 Å². The first kappa shape index (κ1) is 15.2. The van der Waals surface area contributed by atoms with Crippen LogP contribution in [0.3, 0.4) is 0 Å². The summed E-state index contributed by atoms with van der Waals surface area (Å²) < 4.78 is 0. The summed E-state index contributed by atoms with van der Waals surface area (Å²) in [5, 5.41) is 13.0. The first-order chi connectivity index (χ1) is 11.3. The molecule has 0 aromatic heterocycles. The van der Waals surface area contributed by atoms with Crippen LogP contribution in [-0.4, -0.2) is 35.6 Å². The molecule has 4 rings (SSSR count). The molecule has 1 aliphatic heterocycles. The zero-order valence-corrected chi connectivity index (χ0v) is 13.9. The van der Waals surface area contributed by atoms with Crippen LogP contribution in [0.5, 0.6) is 0 Å². The summed E-state index contributed by atoms with van der Waals surface area (Å²) >= 11 is 0. The minimum Gasteiger partial charge on any atom is -0.311 e. The highest BCUT2D eigenvalue weighted by Crippen LogP contribution is 2.43. The summed E-state index contributed by atoms with van der Waals surface area (Å²) in [6.07, 6.45) is 8.28. The normalized spacial score (nSPS) is 30.4. The van der Waals surface area contributed by atoms with Crippen molar-refractivity contribution in [2.75, 3.05) is 13.1 Å². The fourth-order valence-corrected chi connectivity index (χ4v) is 4.61. The van der Waals surface area contributed by atoms with Gasteiger partial charge in [0.15, 0.2) is 0 Å². The summed E-state index contributed by atoms with van der Waals surface area (Å²) in [6.45, 7) is 2.34. The predicted octanol–water partition coefficient (Wildman–Crippen LogP) is 3.43. The molecular weight excluding hydrogens is 282 g/mol. The Bertz CT molecular complexity index is 564. The van der Waals surface area contributed by atoms with E-state index in [0.29, 0.717) is 12.1 Å². The number of rotatable bonds is 5. The minimum atomic E-state index is 0.242. The van der Waals surface area contributed by atoms with Gasteiger partial charge in [-0.15, -0.1) is 0 Å². The second-order valence-corrected chi connectivity index (χ2v) is 7.70. The van der Waals surface area contributed by atoms with Crippen molar-refractivity contribution < 1.29 is 0 Å². The van der Waals surface area contributed by atoms with E-state index >= 15 is 0 Å². The highest BCUT2D eigenvalue weighted by Gasteiger charge is 2.44. The molecular formula is C20H27N3.